The van der Waals surface area contributed by atoms with Crippen LogP contribution in [0.3, 0.4) is 0 Å². The largest absolute Gasteiger partial charge is 0.360 e. The molecule has 19 heavy (non-hydrogen) atoms. The molecule has 3 nitrogen and oxygen atoms in total. The van der Waals surface area contributed by atoms with Gasteiger partial charge >= 0.3 is 0 Å². The predicted molar refractivity (Wildman–Crippen MR) is 73.4 cm³/mol. The Hall–Kier alpha value is -0.830. The molecule has 0 aliphatic heterocycles. The Morgan fingerprint density at radius 1 is 1.26 bits per heavy atom. The topological polar surface area (TPSA) is 38.1 Å². The van der Waals surface area contributed by atoms with Crippen molar-refractivity contribution in [2.24, 2.45) is 23.2 Å². The lowest BCUT2D eigenvalue weighted by molar-refractivity contribution is -0.0709. The molecule has 1 atom stereocenters. The first-order valence-corrected chi connectivity index (χ1v) is 7.86. The minimum absolute atomic E-state index is 0.578. The van der Waals surface area contributed by atoms with E-state index < -0.39 is 0 Å². The fraction of sp³-hybridized carbons (Fsp3) is 0.812. The number of nitrogens with one attached hydrogen (secondary N) is 1. The number of hydrogen-bond acceptors (Lipinski definition) is 3. The van der Waals surface area contributed by atoms with Gasteiger partial charge in [0.25, 0.3) is 0 Å². The van der Waals surface area contributed by atoms with Gasteiger partial charge in [-0.25, -0.2) is 0 Å². The van der Waals surface area contributed by atoms with E-state index in [4.69, 9.17) is 4.52 Å². The van der Waals surface area contributed by atoms with Crippen molar-refractivity contribution in [2.45, 2.75) is 58.0 Å². The predicted octanol–water partition coefficient (Wildman–Crippen LogP) is 3.37. The molecule has 4 fully saturated rings. The molecule has 4 saturated carbocycles. The van der Waals surface area contributed by atoms with E-state index >= 15 is 0 Å². The van der Waals surface area contributed by atoms with Crippen LogP contribution in [0, 0.1) is 23.2 Å². The van der Waals surface area contributed by atoms with Crippen LogP contribution in [0.4, 0.5) is 0 Å². The summed E-state index contributed by atoms with van der Waals surface area (Å²) >= 11 is 0. The highest BCUT2D eigenvalue weighted by Crippen LogP contribution is 2.61. The van der Waals surface area contributed by atoms with Crippen molar-refractivity contribution in [2.75, 3.05) is 0 Å². The SMILES string of the molecule is CC(NCc1ccno1)C12CC3CC(CC(C3)C1)C2. The number of nitrogens with zero attached hydrogens (tertiary/aromatic N) is 1. The smallest absolute Gasteiger partial charge is 0.150 e. The molecule has 1 unspecified atom stereocenters. The summed E-state index contributed by atoms with van der Waals surface area (Å²) in [5.41, 5.74) is 0.578. The van der Waals surface area contributed by atoms with Crippen LogP contribution in [0.15, 0.2) is 16.8 Å². The molecule has 1 aromatic rings. The first kappa shape index (κ1) is 12.0. The van der Waals surface area contributed by atoms with Crippen LogP contribution in [0.25, 0.3) is 0 Å². The molecular formula is C16H24N2O. The molecule has 0 amide bonds. The van der Waals surface area contributed by atoms with Crippen LogP contribution in [-0.2, 0) is 6.54 Å². The van der Waals surface area contributed by atoms with Crippen molar-refractivity contribution >= 4 is 0 Å². The van der Waals surface area contributed by atoms with Gasteiger partial charge in [-0.05, 0) is 68.6 Å². The van der Waals surface area contributed by atoms with Gasteiger partial charge in [-0.15, -0.1) is 0 Å². The van der Waals surface area contributed by atoms with Gasteiger partial charge in [0.2, 0.25) is 0 Å². The average Bonchev–Trinajstić information content (AvgIpc) is 2.87. The van der Waals surface area contributed by atoms with Gasteiger partial charge in [0.1, 0.15) is 5.76 Å². The lowest BCUT2D eigenvalue weighted by atomic mass is 9.48. The summed E-state index contributed by atoms with van der Waals surface area (Å²) in [6.45, 7) is 3.21. The third-order valence-electron chi connectivity index (χ3n) is 6.08. The Morgan fingerprint density at radius 2 is 1.89 bits per heavy atom. The van der Waals surface area contributed by atoms with Crippen molar-refractivity contribution < 1.29 is 4.52 Å². The first-order chi connectivity index (χ1) is 9.23. The molecule has 104 valence electrons. The third-order valence-corrected chi connectivity index (χ3v) is 6.08. The highest BCUT2D eigenvalue weighted by atomic mass is 16.5. The van der Waals surface area contributed by atoms with E-state index in [0.29, 0.717) is 11.5 Å². The highest BCUT2D eigenvalue weighted by molar-refractivity contribution is 5.05. The Balaban J connectivity index is 1.45. The molecule has 1 heterocycles. The second kappa shape index (κ2) is 4.34. The second-order valence-electron chi connectivity index (χ2n) is 7.36. The normalized spacial score (nSPS) is 41.6. The Labute approximate surface area is 115 Å². The molecule has 3 heteroatoms. The summed E-state index contributed by atoms with van der Waals surface area (Å²) in [4.78, 5) is 0. The van der Waals surface area contributed by atoms with Gasteiger partial charge in [-0.3, -0.25) is 0 Å². The van der Waals surface area contributed by atoms with Gasteiger partial charge in [-0.1, -0.05) is 5.16 Å². The minimum Gasteiger partial charge on any atom is -0.360 e. The maximum absolute atomic E-state index is 5.19. The fourth-order valence-electron chi connectivity index (χ4n) is 5.51. The van der Waals surface area contributed by atoms with Gasteiger partial charge in [0.15, 0.2) is 0 Å². The third kappa shape index (κ3) is 2.03. The zero-order valence-electron chi connectivity index (χ0n) is 11.8. The molecule has 0 aromatic carbocycles. The first-order valence-electron chi connectivity index (χ1n) is 7.86. The van der Waals surface area contributed by atoms with Crippen LogP contribution in [0.5, 0.6) is 0 Å². The molecule has 4 bridgehead atoms. The number of aromatic nitrogens is 1. The van der Waals surface area contributed by atoms with E-state index in [-0.39, 0.29) is 0 Å². The summed E-state index contributed by atoms with van der Waals surface area (Å²) in [5, 5.41) is 7.49. The van der Waals surface area contributed by atoms with E-state index in [9.17, 15) is 0 Å². The van der Waals surface area contributed by atoms with Crippen molar-refractivity contribution in [3.63, 3.8) is 0 Å². The van der Waals surface area contributed by atoms with Gasteiger partial charge < -0.3 is 9.84 Å². The molecule has 0 spiro atoms. The number of rotatable bonds is 4. The monoisotopic (exact) mass is 260 g/mol. The van der Waals surface area contributed by atoms with Crippen molar-refractivity contribution in [3.05, 3.63) is 18.0 Å². The van der Waals surface area contributed by atoms with Gasteiger partial charge in [0, 0.05) is 12.1 Å². The van der Waals surface area contributed by atoms with Crippen LogP contribution < -0.4 is 5.32 Å². The summed E-state index contributed by atoms with van der Waals surface area (Å²) in [7, 11) is 0. The zero-order valence-corrected chi connectivity index (χ0v) is 11.8. The van der Waals surface area contributed by atoms with Gasteiger partial charge in [-0.2, -0.15) is 0 Å². The maximum Gasteiger partial charge on any atom is 0.150 e. The van der Waals surface area contributed by atoms with E-state index in [1.165, 1.54) is 38.5 Å². The molecule has 5 rings (SSSR count). The van der Waals surface area contributed by atoms with Crippen LogP contribution in [0.2, 0.25) is 0 Å². The quantitative estimate of drug-likeness (QED) is 0.902. The van der Waals surface area contributed by atoms with Crippen LogP contribution in [0.1, 0.15) is 51.2 Å². The molecule has 0 saturated heterocycles. The summed E-state index contributed by atoms with van der Waals surface area (Å²) in [6.07, 6.45) is 10.7. The fourth-order valence-corrected chi connectivity index (χ4v) is 5.51. The maximum atomic E-state index is 5.19. The standard InChI is InChI=1S/C16H24N2O/c1-11(17-10-15-2-3-18-19-15)16-7-12-4-13(8-16)6-14(5-12)9-16/h2-3,11-14,17H,4-10H2,1H3. The van der Waals surface area contributed by atoms with Crippen molar-refractivity contribution in [1.82, 2.24) is 10.5 Å². The minimum atomic E-state index is 0.578. The lowest BCUT2D eigenvalue weighted by Crippen LogP contribution is -2.54. The number of hydrogen-bond donors (Lipinski definition) is 1. The molecule has 1 aromatic heterocycles. The van der Waals surface area contributed by atoms with Crippen molar-refractivity contribution in [3.8, 4) is 0 Å². The zero-order chi connectivity index (χ0) is 12.9. The van der Waals surface area contributed by atoms with Crippen LogP contribution in [-0.4, -0.2) is 11.2 Å². The second-order valence-corrected chi connectivity index (χ2v) is 7.36. The van der Waals surface area contributed by atoms with E-state index in [2.05, 4.69) is 17.4 Å². The summed E-state index contributed by atoms with van der Waals surface area (Å²) in [6, 6.07) is 2.56. The molecular weight excluding hydrogens is 236 g/mol. The van der Waals surface area contributed by atoms with E-state index in [0.717, 1.165) is 30.1 Å². The van der Waals surface area contributed by atoms with E-state index in [1.807, 2.05) is 6.07 Å². The average molecular weight is 260 g/mol. The van der Waals surface area contributed by atoms with Crippen molar-refractivity contribution in [1.29, 1.82) is 0 Å². The van der Waals surface area contributed by atoms with E-state index in [1.54, 1.807) is 6.20 Å². The molecule has 4 aliphatic carbocycles. The van der Waals surface area contributed by atoms with Gasteiger partial charge in [0.05, 0.1) is 12.7 Å². The Bertz CT molecular complexity index is 404. The Kier molecular flexibility index (Phi) is 2.73. The molecule has 1 N–H and O–H groups in total. The Morgan fingerprint density at radius 3 is 2.42 bits per heavy atom. The summed E-state index contributed by atoms with van der Waals surface area (Å²) in [5.74, 6) is 4.04. The molecule has 0 radical (unpaired) electrons. The summed E-state index contributed by atoms with van der Waals surface area (Å²) < 4.78 is 5.19. The highest BCUT2D eigenvalue weighted by Gasteiger charge is 2.52. The lowest BCUT2D eigenvalue weighted by Gasteiger charge is -2.59. The van der Waals surface area contributed by atoms with Crippen LogP contribution >= 0.6 is 0 Å². The molecule has 4 aliphatic rings.